The summed E-state index contributed by atoms with van der Waals surface area (Å²) < 4.78 is 0. The molecule has 2 N–H and O–H groups in total. The predicted octanol–water partition coefficient (Wildman–Crippen LogP) is 0.415. The van der Waals surface area contributed by atoms with E-state index < -0.39 is 0 Å². The van der Waals surface area contributed by atoms with Gasteiger partial charge in [-0.1, -0.05) is 0 Å². The first-order chi connectivity index (χ1) is 7.34. The number of anilines is 1. The largest absolute Gasteiger partial charge is 0.316 e. The molecular formula is C10H14N4O. The van der Waals surface area contributed by atoms with Gasteiger partial charge >= 0.3 is 0 Å². The van der Waals surface area contributed by atoms with E-state index in [-0.39, 0.29) is 5.91 Å². The molecule has 1 unspecified atom stereocenters. The molecule has 5 nitrogen and oxygen atoms in total. The van der Waals surface area contributed by atoms with Crippen LogP contribution < -0.4 is 10.6 Å². The third-order valence-electron chi connectivity index (χ3n) is 2.49. The Morgan fingerprint density at radius 2 is 2.60 bits per heavy atom. The van der Waals surface area contributed by atoms with Crippen LogP contribution in [-0.2, 0) is 4.79 Å². The van der Waals surface area contributed by atoms with Crippen molar-refractivity contribution in [2.75, 3.05) is 18.4 Å². The van der Waals surface area contributed by atoms with Gasteiger partial charge in [0.2, 0.25) is 5.91 Å². The molecule has 0 aliphatic carbocycles. The molecule has 0 spiro atoms. The lowest BCUT2D eigenvalue weighted by Gasteiger charge is -2.07. The van der Waals surface area contributed by atoms with Crippen LogP contribution in [-0.4, -0.2) is 29.0 Å². The Kier molecular flexibility index (Phi) is 3.24. The molecule has 2 rings (SSSR count). The van der Waals surface area contributed by atoms with Gasteiger partial charge in [-0.3, -0.25) is 4.79 Å². The van der Waals surface area contributed by atoms with Gasteiger partial charge in [0.15, 0.2) is 0 Å². The average Bonchev–Trinajstić information content (AvgIpc) is 2.71. The number of nitrogens with one attached hydrogen (secondary N) is 2. The monoisotopic (exact) mass is 206 g/mol. The van der Waals surface area contributed by atoms with Gasteiger partial charge in [-0.15, -0.1) is 0 Å². The first-order valence-corrected chi connectivity index (χ1v) is 5.11. The van der Waals surface area contributed by atoms with Gasteiger partial charge < -0.3 is 10.6 Å². The van der Waals surface area contributed by atoms with Crippen molar-refractivity contribution in [3.05, 3.63) is 18.6 Å². The van der Waals surface area contributed by atoms with Crippen molar-refractivity contribution in [1.29, 1.82) is 0 Å². The summed E-state index contributed by atoms with van der Waals surface area (Å²) in [7, 11) is 0. The van der Waals surface area contributed by atoms with Crippen LogP contribution in [0.5, 0.6) is 0 Å². The highest BCUT2D eigenvalue weighted by Crippen LogP contribution is 2.12. The maximum atomic E-state index is 11.6. The summed E-state index contributed by atoms with van der Waals surface area (Å²) in [6.07, 6.45) is 4.68. The summed E-state index contributed by atoms with van der Waals surface area (Å²) in [6, 6.07) is 1.69. The number of nitrogens with zero attached hydrogens (tertiary/aromatic N) is 2. The molecule has 5 heteroatoms. The first-order valence-electron chi connectivity index (χ1n) is 5.11. The summed E-state index contributed by atoms with van der Waals surface area (Å²) in [6.45, 7) is 1.96. The fraction of sp³-hybridized carbons (Fsp3) is 0.500. The number of hydrogen-bond donors (Lipinski definition) is 2. The van der Waals surface area contributed by atoms with Gasteiger partial charge in [0.05, 0.1) is 0 Å². The van der Waals surface area contributed by atoms with E-state index in [0.717, 1.165) is 19.5 Å². The Morgan fingerprint density at radius 3 is 3.27 bits per heavy atom. The topological polar surface area (TPSA) is 66.9 Å². The summed E-state index contributed by atoms with van der Waals surface area (Å²) in [4.78, 5) is 19.3. The zero-order chi connectivity index (χ0) is 10.5. The standard InChI is InChI=1S/C10H14N4O/c15-10(5-8-1-3-11-6-8)14-9-2-4-12-7-13-9/h2,4,7-8,11H,1,3,5-6H2,(H,12,13,14,15). The third kappa shape index (κ3) is 2.99. The SMILES string of the molecule is O=C(CC1CCNC1)Nc1ccncn1. The molecule has 1 saturated heterocycles. The summed E-state index contributed by atoms with van der Waals surface area (Å²) in [5.74, 6) is 1.06. The fourth-order valence-corrected chi connectivity index (χ4v) is 1.71. The van der Waals surface area contributed by atoms with Crippen molar-refractivity contribution in [2.24, 2.45) is 5.92 Å². The number of carbonyl (C=O) groups is 1. The van der Waals surface area contributed by atoms with Crippen LogP contribution in [0.25, 0.3) is 0 Å². The van der Waals surface area contributed by atoms with Crippen LogP contribution >= 0.6 is 0 Å². The van der Waals surface area contributed by atoms with Gasteiger partial charge in [-0.25, -0.2) is 9.97 Å². The number of hydrogen-bond acceptors (Lipinski definition) is 4. The predicted molar refractivity (Wildman–Crippen MR) is 56.3 cm³/mol. The maximum Gasteiger partial charge on any atom is 0.225 e. The molecule has 15 heavy (non-hydrogen) atoms. The summed E-state index contributed by atoms with van der Waals surface area (Å²) >= 11 is 0. The van der Waals surface area contributed by atoms with Crippen LogP contribution in [0.15, 0.2) is 18.6 Å². The molecule has 1 aliphatic rings. The number of rotatable bonds is 3. The van der Waals surface area contributed by atoms with Crippen molar-refractivity contribution in [2.45, 2.75) is 12.8 Å². The van der Waals surface area contributed by atoms with E-state index >= 15 is 0 Å². The van der Waals surface area contributed by atoms with Gasteiger partial charge in [0, 0.05) is 12.6 Å². The van der Waals surface area contributed by atoms with Crippen molar-refractivity contribution in [1.82, 2.24) is 15.3 Å². The van der Waals surface area contributed by atoms with Crippen LogP contribution in [0.1, 0.15) is 12.8 Å². The Labute approximate surface area is 88.3 Å². The van der Waals surface area contributed by atoms with Gasteiger partial charge in [0.1, 0.15) is 12.1 Å². The van der Waals surface area contributed by atoms with E-state index in [1.54, 1.807) is 12.3 Å². The van der Waals surface area contributed by atoms with Crippen LogP contribution in [0.4, 0.5) is 5.82 Å². The highest BCUT2D eigenvalue weighted by atomic mass is 16.1. The Hall–Kier alpha value is -1.49. The lowest BCUT2D eigenvalue weighted by Crippen LogP contribution is -2.18. The van der Waals surface area contributed by atoms with E-state index in [9.17, 15) is 4.79 Å². The van der Waals surface area contributed by atoms with Crippen molar-refractivity contribution < 1.29 is 4.79 Å². The van der Waals surface area contributed by atoms with E-state index in [2.05, 4.69) is 20.6 Å². The minimum absolute atomic E-state index is 0.0300. The molecule has 0 aromatic carbocycles. The molecule has 1 amide bonds. The second-order valence-corrected chi connectivity index (χ2v) is 3.71. The second kappa shape index (κ2) is 4.84. The van der Waals surface area contributed by atoms with Crippen LogP contribution in [0, 0.1) is 5.92 Å². The van der Waals surface area contributed by atoms with E-state index in [1.165, 1.54) is 6.33 Å². The van der Waals surface area contributed by atoms with Gasteiger partial charge in [-0.2, -0.15) is 0 Å². The van der Waals surface area contributed by atoms with Gasteiger partial charge in [-0.05, 0) is 31.5 Å². The molecule has 1 aliphatic heterocycles. The van der Waals surface area contributed by atoms with E-state index in [0.29, 0.717) is 18.2 Å². The van der Waals surface area contributed by atoms with Crippen molar-refractivity contribution in [3.63, 3.8) is 0 Å². The summed E-state index contributed by atoms with van der Waals surface area (Å²) in [5, 5.41) is 5.99. The quantitative estimate of drug-likeness (QED) is 0.752. The Bertz CT molecular complexity index is 321. The molecule has 2 heterocycles. The molecule has 1 aromatic rings. The lowest BCUT2D eigenvalue weighted by molar-refractivity contribution is -0.117. The second-order valence-electron chi connectivity index (χ2n) is 3.71. The molecule has 0 bridgehead atoms. The lowest BCUT2D eigenvalue weighted by atomic mass is 10.0. The zero-order valence-electron chi connectivity index (χ0n) is 8.44. The number of amides is 1. The highest BCUT2D eigenvalue weighted by molar-refractivity contribution is 5.89. The van der Waals surface area contributed by atoms with Crippen molar-refractivity contribution in [3.8, 4) is 0 Å². The van der Waals surface area contributed by atoms with Crippen LogP contribution in [0.3, 0.4) is 0 Å². The molecule has 0 saturated carbocycles. The fourth-order valence-electron chi connectivity index (χ4n) is 1.71. The smallest absolute Gasteiger partial charge is 0.225 e. The third-order valence-corrected chi connectivity index (χ3v) is 2.49. The minimum Gasteiger partial charge on any atom is -0.316 e. The van der Waals surface area contributed by atoms with Crippen molar-refractivity contribution >= 4 is 11.7 Å². The molecular weight excluding hydrogens is 192 g/mol. The number of aromatic nitrogens is 2. The zero-order valence-corrected chi connectivity index (χ0v) is 8.44. The first kappa shape index (κ1) is 10.0. The van der Waals surface area contributed by atoms with Crippen LogP contribution in [0.2, 0.25) is 0 Å². The highest BCUT2D eigenvalue weighted by Gasteiger charge is 2.17. The molecule has 1 fully saturated rings. The molecule has 1 atom stereocenters. The normalized spacial score (nSPS) is 20.1. The van der Waals surface area contributed by atoms with Gasteiger partial charge in [0.25, 0.3) is 0 Å². The minimum atomic E-state index is 0.0300. The maximum absolute atomic E-state index is 11.6. The molecule has 80 valence electrons. The summed E-state index contributed by atoms with van der Waals surface area (Å²) in [5.41, 5.74) is 0. The molecule has 1 aromatic heterocycles. The Morgan fingerprint density at radius 1 is 1.67 bits per heavy atom. The average molecular weight is 206 g/mol. The Balaban J connectivity index is 1.82. The number of carbonyl (C=O) groups excluding carboxylic acids is 1. The van der Waals surface area contributed by atoms with E-state index in [4.69, 9.17) is 0 Å². The van der Waals surface area contributed by atoms with E-state index in [1.807, 2.05) is 0 Å². The molecule has 0 radical (unpaired) electrons.